The Morgan fingerprint density at radius 1 is 1.40 bits per heavy atom. The van der Waals surface area contributed by atoms with Crippen LogP contribution in [0.25, 0.3) is 0 Å². The van der Waals surface area contributed by atoms with Gasteiger partial charge in [0, 0.05) is 12.1 Å². The van der Waals surface area contributed by atoms with Crippen LogP contribution in [0.4, 0.5) is 4.39 Å². The summed E-state index contributed by atoms with van der Waals surface area (Å²) in [7, 11) is 1.82. The molecule has 0 fully saturated rings. The van der Waals surface area contributed by atoms with Crippen LogP contribution in [0.3, 0.4) is 0 Å². The van der Waals surface area contributed by atoms with Crippen molar-refractivity contribution in [3.8, 4) is 6.07 Å². The van der Waals surface area contributed by atoms with Crippen LogP contribution in [0.15, 0.2) is 24.3 Å². The predicted octanol–water partition coefficient (Wildman–Crippen LogP) is 2.56. The lowest BCUT2D eigenvalue weighted by atomic mass is 10.0. The van der Waals surface area contributed by atoms with Crippen LogP contribution in [0.2, 0.25) is 0 Å². The first-order chi connectivity index (χ1) is 6.97. The fourth-order valence-electron chi connectivity index (χ4n) is 1.17. The van der Waals surface area contributed by atoms with Crippen molar-refractivity contribution in [2.45, 2.75) is 25.9 Å². The molecule has 0 aromatic heterocycles. The van der Waals surface area contributed by atoms with Gasteiger partial charge in [-0.25, -0.2) is 4.39 Å². The molecular weight excluding hydrogens is 191 g/mol. The Hall–Kier alpha value is -1.40. The Morgan fingerprint density at radius 3 is 2.53 bits per heavy atom. The molecule has 0 unspecified atom stereocenters. The highest BCUT2D eigenvalue weighted by Gasteiger charge is 2.23. The lowest BCUT2D eigenvalue weighted by Gasteiger charge is -2.29. The number of benzene rings is 1. The molecule has 0 aliphatic carbocycles. The van der Waals surface area contributed by atoms with Gasteiger partial charge in [-0.05, 0) is 27.0 Å². The summed E-state index contributed by atoms with van der Waals surface area (Å²) in [5, 5.41) is 8.93. The second kappa shape index (κ2) is 4.41. The molecule has 2 nitrogen and oxygen atoms in total. The van der Waals surface area contributed by atoms with Crippen molar-refractivity contribution in [2.75, 3.05) is 7.05 Å². The molecule has 0 amide bonds. The topological polar surface area (TPSA) is 27.0 Å². The minimum absolute atomic E-state index is 0.224. The SMILES string of the molecule is CN(Cc1ccccc1F)C(C)(C)C#N. The number of hydrogen-bond donors (Lipinski definition) is 0. The Kier molecular flexibility index (Phi) is 3.43. The fraction of sp³-hybridized carbons (Fsp3) is 0.417. The number of hydrogen-bond acceptors (Lipinski definition) is 2. The highest BCUT2D eigenvalue weighted by atomic mass is 19.1. The molecule has 3 heteroatoms. The van der Waals surface area contributed by atoms with Crippen LogP contribution in [0.5, 0.6) is 0 Å². The maximum Gasteiger partial charge on any atom is 0.127 e. The molecule has 1 rings (SSSR count). The van der Waals surface area contributed by atoms with E-state index in [2.05, 4.69) is 6.07 Å². The maximum atomic E-state index is 13.3. The summed E-state index contributed by atoms with van der Waals surface area (Å²) in [5.41, 5.74) is 0.0331. The second-order valence-electron chi connectivity index (χ2n) is 4.12. The number of rotatable bonds is 3. The molecule has 0 saturated heterocycles. The van der Waals surface area contributed by atoms with E-state index in [1.165, 1.54) is 6.07 Å². The summed E-state index contributed by atoms with van der Waals surface area (Å²) >= 11 is 0. The van der Waals surface area contributed by atoms with E-state index in [1.807, 2.05) is 25.8 Å². The van der Waals surface area contributed by atoms with Gasteiger partial charge in [-0.2, -0.15) is 5.26 Å². The van der Waals surface area contributed by atoms with Gasteiger partial charge in [-0.3, -0.25) is 4.90 Å². The van der Waals surface area contributed by atoms with Gasteiger partial charge in [0.25, 0.3) is 0 Å². The monoisotopic (exact) mass is 206 g/mol. The van der Waals surface area contributed by atoms with Gasteiger partial charge in [0.05, 0.1) is 6.07 Å². The molecule has 0 aliphatic rings. The molecule has 1 aromatic rings. The highest BCUT2D eigenvalue weighted by Crippen LogP contribution is 2.16. The molecule has 0 saturated carbocycles. The zero-order valence-electron chi connectivity index (χ0n) is 9.29. The standard InChI is InChI=1S/C12H15FN2/c1-12(2,9-14)15(3)8-10-6-4-5-7-11(10)13/h4-7H,8H2,1-3H3. The van der Waals surface area contributed by atoms with E-state index in [0.717, 1.165) is 0 Å². The van der Waals surface area contributed by atoms with E-state index in [0.29, 0.717) is 12.1 Å². The minimum Gasteiger partial charge on any atom is -0.285 e. The minimum atomic E-state index is -0.581. The van der Waals surface area contributed by atoms with Crippen molar-refractivity contribution < 1.29 is 4.39 Å². The quantitative estimate of drug-likeness (QED) is 0.760. The van der Waals surface area contributed by atoms with Crippen LogP contribution >= 0.6 is 0 Å². The van der Waals surface area contributed by atoms with E-state index in [4.69, 9.17) is 5.26 Å². The molecule has 0 radical (unpaired) electrons. The Bertz CT molecular complexity index is 379. The van der Waals surface area contributed by atoms with Gasteiger partial charge in [-0.15, -0.1) is 0 Å². The first kappa shape index (κ1) is 11.7. The van der Waals surface area contributed by atoms with Crippen molar-refractivity contribution in [2.24, 2.45) is 0 Å². The third kappa shape index (κ3) is 2.77. The number of nitrogens with zero attached hydrogens (tertiary/aromatic N) is 2. The van der Waals surface area contributed by atoms with Gasteiger partial charge < -0.3 is 0 Å². The number of halogens is 1. The first-order valence-corrected chi connectivity index (χ1v) is 4.83. The summed E-state index contributed by atoms with van der Waals surface area (Å²) in [6.45, 7) is 4.06. The molecule has 80 valence electrons. The van der Waals surface area contributed by atoms with Crippen molar-refractivity contribution in [1.82, 2.24) is 4.90 Å². The second-order valence-corrected chi connectivity index (χ2v) is 4.12. The number of nitriles is 1. The van der Waals surface area contributed by atoms with E-state index in [9.17, 15) is 4.39 Å². The van der Waals surface area contributed by atoms with Crippen molar-refractivity contribution in [3.63, 3.8) is 0 Å². The zero-order chi connectivity index (χ0) is 11.5. The molecule has 0 bridgehead atoms. The zero-order valence-corrected chi connectivity index (χ0v) is 9.29. The van der Waals surface area contributed by atoms with Gasteiger partial charge >= 0.3 is 0 Å². The van der Waals surface area contributed by atoms with Gasteiger partial charge in [0.1, 0.15) is 11.4 Å². The molecule has 0 spiro atoms. The maximum absolute atomic E-state index is 13.3. The summed E-state index contributed by atoms with van der Waals surface area (Å²) in [5.74, 6) is -0.224. The van der Waals surface area contributed by atoms with Crippen LogP contribution in [-0.4, -0.2) is 17.5 Å². The molecule has 15 heavy (non-hydrogen) atoms. The summed E-state index contributed by atoms with van der Waals surface area (Å²) < 4.78 is 13.3. The molecule has 0 heterocycles. The van der Waals surface area contributed by atoms with E-state index in [1.54, 1.807) is 18.2 Å². The molecule has 0 aliphatic heterocycles. The highest BCUT2D eigenvalue weighted by molar-refractivity contribution is 5.18. The molecule has 0 N–H and O–H groups in total. The average Bonchev–Trinajstić information content (AvgIpc) is 2.21. The van der Waals surface area contributed by atoms with Crippen molar-refractivity contribution in [1.29, 1.82) is 5.26 Å². The van der Waals surface area contributed by atoms with Gasteiger partial charge in [-0.1, -0.05) is 18.2 Å². The molecule has 0 atom stereocenters. The first-order valence-electron chi connectivity index (χ1n) is 4.83. The fourth-order valence-corrected chi connectivity index (χ4v) is 1.17. The normalized spacial score (nSPS) is 11.5. The summed E-state index contributed by atoms with van der Waals surface area (Å²) in [6, 6.07) is 8.81. The summed E-state index contributed by atoms with van der Waals surface area (Å²) in [6.07, 6.45) is 0. The van der Waals surface area contributed by atoms with Crippen LogP contribution < -0.4 is 0 Å². The van der Waals surface area contributed by atoms with E-state index < -0.39 is 5.54 Å². The third-order valence-corrected chi connectivity index (χ3v) is 2.59. The van der Waals surface area contributed by atoms with Crippen LogP contribution in [0.1, 0.15) is 19.4 Å². The Morgan fingerprint density at radius 2 is 2.00 bits per heavy atom. The lowest BCUT2D eigenvalue weighted by Crippen LogP contribution is -2.39. The third-order valence-electron chi connectivity index (χ3n) is 2.59. The molecular formula is C12H15FN2. The van der Waals surface area contributed by atoms with Crippen LogP contribution in [-0.2, 0) is 6.54 Å². The average molecular weight is 206 g/mol. The van der Waals surface area contributed by atoms with E-state index >= 15 is 0 Å². The summed E-state index contributed by atoms with van der Waals surface area (Å²) in [4.78, 5) is 1.82. The Balaban J connectivity index is 2.80. The van der Waals surface area contributed by atoms with Crippen LogP contribution in [0, 0.1) is 17.1 Å². The largest absolute Gasteiger partial charge is 0.285 e. The van der Waals surface area contributed by atoms with Crippen molar-refractivity contribution >= 4 is 0 Å². The van der Waals surface area contributed by atoms with Gasteiger partial charge in [0.2, 0.25) is 0 Å². The smallest absolute Gasteiger partial charge is 0.127 e. The van der Waals surface area contributed by atoms with Crippen molar-refractivity contribution in [3.05, 3.63) is 35.6 Å². The Labute approximate surface area is 89.9 Å². The molecule has 1 aromatic carbocycles. The predicted molar refractivity (Wildman–Crippen MR) is 57.6 cm³/mol. The lowest BCUT2D eigenvalue weighted by molar-refractivity contribution is 0.200. The van der Waals surface area contributed by atoms with E-state index in [-0.39, 0.29) is 5.82 Å². The van der Waals surface area contributed by atoms with Gasteiger partial charge in [0.15, 0.2) is 0 Å².